The fraction of sp³-hybridized carbons (Fsp3) is 0.400. The molecular weight excluding hydrogens is 370 g/mol. The molecule has 29 heavy (non-hydrogen) atoms. The second kappa shape index (κ2) is 7.57. The van der Waals surface area contributed by atoms with Crippen LogP contribution in [-0.2, 0) is 11.3 Å². The van der Waals surface area contributed by atoms with Crippen LogP contribution in [0.5, 0.6) is 0 Å². The lowest BCUT2D eigenvalue weighted by Crippen LogP contribution is -2.37. The van der Waals surface area contributed by atoms with E-state index >= 15 is 0 Å². The third-order valence-electron chi connectivity index (χ3n) is 4.97. The van der Waals surface area contributed by atoms with Gasteiger partial charge >= 0.3 is 0 Å². The largest absolute Gasteiger partial charge is 0.349 e. The molecule has 0 radical (unpaired) electrons. The van der Waals surface area contributed by atoms with Gasteiger partial charge in [-0.05, 0) is 51.8 Å². The lowest BCUT2D eigenvalue weighted by molar-refractivity contribution is -0.124. The molecule has 1 unspecified atom stereocenters. The Morgan fingerprint density at radius 3 is 2.69 bits per heavy atom. The van der Waals surface area contributed by atoms with Gasteiger partial charge in [0.05, 0.1) is 17.9 Å². The molecule has 3 aromatic heterocycles. The zero-order valence-electron chi connectivity index (χ0n) is 16.7. The van der Waals surface area contributed by atoms with Gasteiger partial charge in [-0.1, -0.05) is 0 Å². The molecule has 0 aliphatic heterocycles. The van der Waals surface area contributed by atoms with E-state index in [9.17, 15) is 9.59 Å². The van der Waals surface area contributed by atoms with Gasteiger partial charge in [0.2, 0.25) is 5.91 Å². The number of nitrogens with one attached hydrogen (secondary N) is 1. The minimum atomic E-state index is -0.774. The molecule has 9 nitrogen and oxygen atoms in total. The van der Waals surface area contributed by atoms with Gasteiger partial charge in [0, 0.05) is 23.4 Å². The summed E-state index contributed by atoms with van der Waals surface area (Å²) in [6.45, 7) is 5.71. The first kappa shape index (κ1) is 19.0. The minimum Gasteiger partial charge on any atom is -0.349 e. The molecule has 1 aliphatic rings. The van der Waals surface area contributed by atoms with E-state index in [0.717, 1.165) is 35.6 Å². The third kappa shape index (κ3) is 4.08. The van der Waals surface area contributed by atoms with Crippen LogP contribution in [0.1, 0.15) is 54.5 Å². The molecular formula is C20H23N7O2. The number of hydrogen-bond donors (Lipinski definition) is 1. The Labute approximate surface area is 167 Å². The maximum Gasteiger partial charge on any atom is 0.267 e. The van der Waals surface area contributed by atoms with E-state index < -0.39 is 6.04 Å². The van der Waals surface area contributed by atoms with Crippen molar-refractivity contribution in [1.82, 2.24) is 34.8 Å². The van der Waals surface area contributed by atoms with Crippen LogP contribution in [0, 0.1) is 13.8 Å². The highest BCUT2D eigenvalue weighted by molar-refractivity contribution is 5.79. The molecule has 9 heteroatoms. The Kier molecular flexibility index (Phi) is 4.96. The van der Waals surface area contributed by atoms with Crippen molar-refractivity contribution in [2.24, 2.45) is 0 Å². The number of nitrogens with zero attached hydrogens (tertiary/aromatic N) is 6. The van der Waals surface area contributed by atoms with Crippen molar-refractivity contribution in [3.8, 4) is 5.82 Å². The molecule has 0 spiro atoms. The summed E-state index contributed by atoms with van der Waals surface area (Å²) >= 11 is 0. The molecule has 4 rings (SSSR count). The first-order valence-electron chi connectivity index (χ1n) is 9.64. The zero-order valence-corrected chi connectivity index (χ0v) is 16.7. The van der Waals surface area contributed by atoms with Crippen molar-refractivity contribution >= 4 is 5.91 Å². The predicted molar refractivity (Wildman–Crippen MR) is 106 cm³/mol. The van der Waals surface area contributed by atoms with Crippen LogP contribution in [0.4, 0.5) is 0 Å². The van der Waals surface area contributed by atoms with Crippen molar-refractivity contribution < 1.29 is 4.79 Å². The van der Waals surface area contributed by atoms with Crippen LogP contribution >= 0.6 is 0 Å². The minimum absolute atomic E-state index is 0.275. The summed E-state index contributed by atoms with van der Waals surface area (Å²) in [6, 6.07) is 6.07. The molecule has 3 heterocycles. The summed E-state index contributed by atoms with van der Waals surface area (Å²) in [4.78, 5) is 33.5. The van der Waals surface area contributed by atoms with Crippen LogP contribution in [0.3, 0.4) is 0 Å². The predicted octanol–water partition coefficient (Wildman–Crippen LogP) is 1.59. The van der Waals surface area contributed by atoms with Gasteiger partial charge in [-0.2, -0.15) is 5.10 Å². The summed E-state index contributed by atoms with van der Waals surface area (Å²) in [5.41, 5.74) is 3.17. The summed E-state index contributed by atoms with van der Waals surface area (Å²) < 4.78 is 2.83. The standard InChI is InChI=1S/C20H23N7O2/c1-12-8-13(2)26(24-12)18-6-7-19(28)27(25-18)14(3)20(29)21-10-16-9-17(15-4-5-15)23-11-22-16/h6-9,11,14-15H,4-5,10H2,1-3H3,(H,21,29). The molecule has 1 fully saturated rings. The summed E-state index contributed by atoms with van der Waals surface area (Å²) in [5, 5.41) is 11.6. The molecule has 150 valence electrons. The molecule has 0 aromatic carbocycles. The fourth-order valence-corrected chi connectivity index (χ4v) is 3.22. The molecule has 1 atom stereocenters. The van der Waals surface area contributed by atoms with Crippen LogP contribution in [0.2, 0.25) is 0 Å². The van der Waals surface area contributed by atoms with Crippen LogP contribution in [-0.4, -0.2) is 35.4 Å². The van der Waals surface area contributed by atoms with Gasteiger partial charge in [-0.15, -0.1) is 5.10 Å². The summed E-state index contributed by atoms with van der Waals surface area (Å²) in [6.07, 6.45) is 3.84. The van der Waals surface area contributed by atoms with Gasteiger partial charge in [0.25, 0.3) is 5.56 Å². The number of amides is 1. The quantitative estimate of drug-likeness (QED) is 0.681. The number of hydrogen-bond acceptors (Lipinski definition) is 6. The maximum atomic E-state index is 12.6. The number of aromatic nitrogens is 6. The Morgan fingerprint density at radius 1 is 1.21 bits per heavy atom. The Hall–Kier alpha value is -3.36. The highest BCUT2D eigenvalue weighted by Crippen LogP contribution is 2.38. The number of rotatable bonds is 6. The average molecular weight is 393 g/mol. The zero-order chi connectivity index (χ0) is 20.5. The number of carbonyl (C=O) groups excluding carboxylic acids is 1. The van der Waals surface area contributed by atoms with Crippen molar-refractivity contribution in [3.05, 3.63) is 63.7 Å². The van der Waals surface area contributed by atoms with E-state index in [1.54, 1.807) is 17.7 Å². The molecule has 1 saturated carbocycles. The van der Waals surface area contributed by atoms with Crippen LogP contribution < -0.4 is 10.9 Å². The maximum absolute atomic E-state index is 12.6. The summed E-state index contributed by atoms with van der Waals surface area (Å²) in [5.74, 6) is 0.697. The molecule has 0 saturated heterocycles. The van der Waals surface area contributed by atoms with Crippen molar-refractivity contribution in [3.63, 3.8) is 0 Å². The third-order valence-corrected chi connectivity index (χ3v) is 4.97. The monoisotopic (exact) mass is 393 g/mol. The SMILES string of the molecule is Cc1cc(C)n(-c2ccc(=O)n(C(C)C(=O)NCc3cc(C4CC4)ncn3)n2)n1. The topological polar surface area (TPSA) is 108 Å². The molecule has 1 amide bonds. The van der Waals surface area contributed by atoms with E-state index in [2.05, 4.69) is 25.5 Å². The van der Waals surface area contributed by atoms with E-state index in [-0.39, 0.29) is 18.0 Å². The van der Waals surface area contributed by atoms with E-state index in [0.29, 0.717) is 11.7 Å². The molecule has 0 bridgehead atoms. The van der Waals surface area contributed by atoms with Crippen molar-refractivity contribution in [2.45, 2.75) is 52.1 Å². The Bertz CT molecular complexity index is 1110. The first-order valence-corrected chi connectivity index (χ1v) is 9.64. The highest BCUT2D eigenvalue weighted by atomic mass is 16.2. The van der Waals surface area contributed by atoms with Crippen LogP contribution in [0.15, 0.2) is 35.4 Å². The van der Waals surface area contributed by atoms with E-state index in [4.69, 9.17) is 0 Å². The summed E-state index contributed by atoms with van der Waals surface area (Å²) in [7, 11) is 0. The van der Waals surface area contributed by atoms with Gasteiger partial charge in [0.1, 0.15) is 12.4 Å². The first-order chi connectivity index (χ1) is 13.9. The van der Waals surface area contributed by atoms with Crippen molar-refractivity contribution in [1.29, 1.82) is 0 Å². The number of carbonyl (C=O) groups is 1. The Balaban J connectivity index is 1.49. The van der Waals surface area contributed by atoms with Crippen LogP contribution in [0.25, 0.3) is 5.82 Å². The second-order valence-corrected chi connectivity index (χ2v) is 7.42. The van der Waals surface area contributed by atoms with Gasteiger partial charge in [0.15, 0.2) is 5.82 Å². The van der Waals surface area contributed by atoms with Gasteiger partial charge in [-0.3, -0.25) is 9.59 Å². The number of aryl methyl sites for hydroxylation is 2. The highest BCUT2D eigenvalue weighted by Gasteiger charge is 2.25. The lowest BCUT2D eigenvalue weighted by Gasteiger charge is -2.15. The normalized spacial score (nSPS) is 14.6. The van der Waals surface area contributed by atoms with E-state index in [1.807, 2.05) is 26.0 Å². The fourth-order valence-electron chi connectivity index (χ4n) is 3.22. The lowest BCUT2D eigenvalue weighted by atomic mass is 10.2. The second-order valence-electron chi connectivity index (χ2n) is 7.42. The molecule has 3 aromatic rings. The van der Waals surface area contributed by atoms with Gasteiger partial charge in [-0.25, -0.2) is 19.3 Å². The van der Waals surface area contributed by atoms with E-state index in [1.165, 1.54) is 17.1 Å². The average Bonchev–Trinajstić information content (AvgIpc) is 3.50. The Morgan fingerprint density at radius 2 is 2.00 bits per heavy atom. The van der Waals surface area contributed by atoms with Crippen molar-refractivity contribution in [2.75, 3.05) is 0 Å². The molecule has 1 N–H and O–H groups in total. The molecule has 1 aliphatic carbocycles. The van der Waals surface area contributed by atoms with Gasteiger partial charge < -0.3 is 5.32 Å². The smallest absolute Gasteiger partial charge is 0.267 e.